The highest BCUT2D eigenvalue weighted by Gasteiger charge is 2.48. The second kappa shape index (κ2) is 11.1. The number of hydrogen-bond acceptors (Lipinski definition) is 8. The van der Waals surface area contributed by atoms with Gasteiger partial charge in [0.15, 0.2) is 5.67 Å². The minimum absolute atomic E-state index is 0.0668. The van der Waals surface area contributed by atoms with E-state index in [4.69, 9.17) is 10.5 Å². The summed E-state index contributed by atoms with van der Waals surface area (Å²) in [5.74, 6) is 7.12. The molecule has 0 radical (unpaired) electrons. The SMILES string of the molecule is C=CC(=O)N1CC[C@H](N2CC(F)(C#Cc3c(-c4ccc(Oc5cccc(C)n5)cc4)c4c(N)ncnc4n3C)C2)[C@@H](O)C1. The highest BCUT2D eigenvalue weighted by molar-refractivity contribution is 6.03. The number of aromatic nitrogens is 4. The molecule has 0 spiro atoms. The largest absolute Gasteiger partial charge is 0.439 e. The highest BCUT2D eigenvalue weighted by atomic mass is 19.1. The first kappa shape index (κ1) is 28.3. The van der Waals surface area contributed by atoms with Crippen LogP contribution in [0.1, 0.15) is 17.8 Å². The van der Waals surface area contributed by atoms with Crippen LogP contribution in [-0.4, -0.2) is 84.3 Å². The fourth-order valence-electron chi connectivity index (χ4n) is 5.85. The van der Waals surface area contributed by atoms with Crippen molar-refractivity contribution in [2.24, 2.45) is 7.05 Å². The molecular weight excluding hydrogens is 549 g/mol. The number of halogens is 1. The van der Waals surface area contributed by atoms with Crippen molar-refractivity contribution in [2.75, 3.05) is 31.9 Å². The number of carbonyl (C=O) groups is 1. The Morgan fingerprint density at radius 2 is 2.00 bits per heavy atom. The number of aryl methyl sites for hydroxylation is 2. The van der Waals surface area contributed by atoms with Crippen molar-refractivity contribution >= 4 is 22.8 Å². The molecule has 0 bridgehead atoms. The van der Waals surface area contributed by atoms with Gasteiger partial charge in [-0.15, -0.1) is 0 Å². The Morgan fingerprint density at radius 1 is 1.23 bits per heavy atom. The van der Waals surface area contributed by atoms with E-state index in [1.165, 1.54) is 12.4 Å². The average Bonchev–Trinajstić information content (AvgIpc) is 3.27. The van der Waals surface area contributed by atoms with E-state index in [0.29, 0.717) is 52.7 Å². The molecule has 2 aliphatic rings. The smallest absolute Gasteiger partial charge is 0.246 e. The maximum absolute atomic E-state index is 15.8. The number of benzene rings is 1. The minimum atomic E-state index is -1.75. The number of aliphatic hydroxyl groups excluding tert-OH is 1. The molecule has 0 saturated carbocycles. The van der Waals surface area contributed by atoms with Crippen LogP contribution in [0.2, 0.25) is 0 Å². The molecule has 3 N–H and O–H groups in total. The summed E-state index contributed by atoms with van der Waals surface area (Å²) in [5.41, 5.74) is 8.06. The summed E-state index contributed by atoms with van der Waals surface area (Å²) in [6.45, 7) is 6.22. The first-order valence-corrected chi connectivity index (χ1v) is 14.0. The van der Waals surface area contributed by atoms with Gasteiger partial charge in [-0.3, -0.25) is 9.69 Å². The monoisotopic (exact) mass is 581 g/mol. The molecule has 43 heavy (non-hydrogen) atoms. The number of amides is 1. The Kier molecular flexibility index (Phi) is 7.33. The van der Waals surface area contributed by atoms with Crippen LogP contribution in [0.15, 0.2) is 61.4 Å². The summed E-state index contributed by atoms with van der Waals surface area (Å²) in [5, 5.41) is 11.3. The van der Waals surface area contributed by atoms with Crippen LogP contribution in [0.3, 0.4) is 0 Å². The van der Waals surface area contributed by atoms with E-state index in [1.807, 2.05) is 55.3 Å². The lowest BCUT2D eigenvalue weighted by atomic mass is 9.89. The molecule has 2 atom stereocenters. The van der Waals surface area contributed by atoms with E-state index in [1.54, 1.807) is 15.5 Å². The van der Waals surface area contributed by atoms with Crippen LogP contribution >= 0.6 is 0 Å². The van der Waals surface area contributed by atoms with Crippen molar-refractivity contribution in [1.29, 1.82) is 0 Å². The van der Waals surface area contributed by atoms with Gasteiger partial charge in [0, 0.05) is 56.6 Å². The number of aliphatic hydroxyl groups is 1. The Hall–Kier alpha value is -4.79. The molecular formula is C32H32FN7O3. The number of carbonyl (C=O) groups excluding carboxylic acids is 1. The Morgan fingerprint density at radius 3 is 2.70 bits per heavy atom. The van der Waals surface area contributed by atoms with Crippen molar-refractivity contribution < 1.29 is 19.0 Å². The van der Waals surface area contributed by atoms with E-state index in [0.717, 1.165) is 11.3 Å². The number of likely N-dealkylation sites (tertiary alicyclic amines) is 2. The minimum Gasteiger partial charge on any atom is -0.439 e. The summed E-state index contributed by atoms with van der Waals surface area (Å²) in [6.07, 6.45) is 2.42. The number of β-amino-alcohol motifs (C(OH)–C–C–N with tert-alkyl or cyclic N) is 1. The standard InChI is InChI=1S/C32H32FN7O3/c1-4-27(42)39-15-13-23(25(41)16-39)40-17-32(33,18-40)14-12-24-28(29-30(34)35-19-36-31(29)38(24)3)21-8-10-22(11-9-21)43-26-7-5-6-20(2)37-26/h4-11,19,23,25,41H,1,13,15-18H2,2-3H3,(H2,34,35,36)/t23-,25-/m0/s1. The van der Waals surface area contributed by atoms with Crippen LogP contribution < -0.4 is 10.5 Å². The lowest BCUT2D eigenvalue weighted by molar-refractivity contribution is -0.134. The lowest BCUT2D eigenvalue weighted by Crippen LogP contribution is -2.66. The van der Waals surface area contributed by atoms with E-state index in [9.17, 15) is 9.90 Å². The third kappa shape index (κ3) is 5.43. The Bertz CT molecular complexity index is 1770. The van der Waals surface area contributed by atoms with Crippen molar-refractivity contribution in [3.63, 3.8) is 0 Å². The van der Waals surface area contributed by atoms with E-state index in [2.05, 4.69) is 33.4 Å². The summed E-state index contributed by atoms with van der Waals surface area (Å²) in [4.78, 5) is 28.4. The zero-order valence-corrected chi connectivity index (χ0v) is 24.0. The first-order valence-electron chi connectivity index (χ1n) is 14.0. The number of nitrogens with two attached hydrogens (primary N) is 1. The topological polar surface area (TPSA) is 123 Å². The van der Waals surface area contributed by atoms with Gasteiger partial charge in [-0.25, -0.2) is 19.3 Å². The number of nitrogen functional groups attached to an aromatic ring is 1. The molecule has 1 aromatic carbocycles. The summed E-state index contributed by atoms with van der Waals surface area (Å²) in [6, 6.07) is 12.8. The normalized spacial score (nSPS) is 19.8. The zero-order chi connectivity index (χ0) is 30.3. The molecule has 3 aromatic heterocycles. The predicted molar refractivity (Wildman–Crippen MR) is 161 cm³/mol. The number of nitrogens with zero attached hydrogens (tertiary/aromatic N) is 6. The van der Waals surface area contributed by atoms with E-state index < -0.39 is 11.8 Å². The van der Waals surface area contributed by atoms with Crippen molar-refractivity contribution in [3.05, 3.63) is 72.8 Å². The van der Waals surface area contributed by atoms with Crippen LogP contribution in [0.5, 0.6) is 11.6 Å². The quantitative estimate of drug-likeness (QED) is 0.272. The van der Waals surface area contributed by atoms with Gasteiger partial charge in [-0.05, 0) is 49.1 Å². The van der Waals surface area contributed by atoms with Crippen LogP contribution in [0.4, 0.5) is 10.2 Å². The number of hydrogen-bond donors (Lipinski definition) is 2. The molecule has 1 amide bonds. The number of anilines is 1. The number of fused-ring (bicyclic) bond motifs is 1. The highest BCUT2D eigenvalue weighted by Crippen LogP contribution is 2.37. The molecule has 10 nitrogen and oxygen atoms in total. The number of ether oxygens (including phenoxy) is 1. The van der Waals surface area contributed by atoms with Crippen molar-refractivity contribution in [1.82, 2.24) is 29.3 Å². The van der Waals surface area contributed by atoms with Gasteiger partial charge >= 0.3 is 0 Å². The summed E-state index contributed by atoms with van der Waals surface area (Å²) >= 11 is 0. The van der Waals surface area contributed by atoms with Gasteiger partial charge < -0.3 is 25.0 Å². The molecule has 2 fully saturated rings. The molecule has 0 aliphatic carbocycles. The second-order valence-corrected chi connectivity index (χ2v) is 11.0. The van der Waals surface area contributed by atoms with Crippen LogP contribution in [-0.2, 0) is 11.8 Å². The third-order valence-electron chi connectivity index (χ3n) is 8.04. The van der Waals surface area contributed by atoms with E-state index in [-0.39, 0.29) is 31.6 Å². The number of rotatable bonds is 5. The van der Waals surface area contributed by atoms with Gasteiger partial charge in [0.1, 0.15) is 29.2 Å². The molecule has 4 aromatic rings. The predicted octanol–water partition coefficient (Wildman–Crippen LogP) is 3.24. The van der Waals surface area contributed by atoms with Crippen LogP contribution in [0, 0.1) is 18.8 Å². The third-order valence-corrected chi connectivity index (χ3v) is 8.04. The fraction of sp³-hybridized carbons (Fsp3) is 0.312. The molecule has 2 saturated heterocycles. The molecule has 2 aliphatic heterocycles. The molecule has 220 valence electrons. The first-order chi connectivity index (χ1) is 20.7. The number of piperidine rings is 1. The molecule has 0 unspecified atom stereocenters. The van der Waals surface area contributed by atoms with Gasteiger partial charge in [0.05, 0.1) is 11.5 Å². The molecule has 11 heteroatoms. The Balaban J connectivity index is 1.26. The van der Waals surface area contributed by atoms with Gasteiger partial charge in [0.25, 0.3) is 0 Å². The van der Waals surface area contributed by atoms with Gasteiger partial charge in [0.2, 0.25) is 11.8 Å². The van der Waals surface area contributed by atoms with Gasteiger partial charge in [-0.2, -0.15) is 0 Å². The fourth-order valence-corrected chi connectivity index (χ4v) is 5.85. The zero-order valence-electron chi connectivity index (χ0n) is 24.0. The lowest BCUT2D eigenvalue weighted by Gasteiger charge is -2.49. The van der Waals surface area contributed by atoms with Gasteiger partial charge in [-0.1, -0.05) is 30.7 Å². The maximum atomic E-state index is 15.8. The van der Waals surface area contributed by atoms with Crippen molar-refractivity contribution in [2.45, 2.75) is 31.2 Å². The number of pyridine rings is 1. The van der Waals surface area contributed by atoms with Crippen LogP contribution in [0.25, 0.3) is 22.2 Å². The maximum Gasteiger partial charge on any atom is 0.246 e. The van der Waals surface area contributed by atoms with E-state index >= 15 is 4.39 Å². The summed E-state index contributed by atoms with van der Waals surface area (Å²) in [7, 11) is 1.82. The number of alkyl halides is 1. The summed E-state index contributed by atoms with van der Waals surface area (Å²) < 4.78 is 23.5. The molecule has 5 heterocycles. The molecule has 6 rings (SSSR count). The van der Waals surface area contributed by atoms with Crippen molar-refractivity contribution in [3.8, 4) is 34.6 Å². The second-order valence-electron chi connectivity index (χ2n) is 11.0. The Labute approximate surface area is 248 Å². The average molecular weight is 582 g/mol.